The highest BCUT2D eigenvalue weighted by Crippen LogP contribution is 2.39. The molecule has 3 aromatic carbocycles. The predicted molar refractivity (Wildman–Crippen MR) is 255 cm³/mol. The van der Waals surface area contributed by atoms with Gasteiger partial charge in [0.05, 0.1) is 29.8 Å². The maximum absolute atomic E-state index is 13.4. The highest BCUT2D eigenvalue weighted by atomic mass is 35.7. The number of pyridine rings is 3. The summed E-state index contributed by atoms with van der Waals surface area (Å²) in [6, 6.07) is 15.0. The number of nitrogens with zero attached hydrogens (tertiary/aromatic N) is 6. The van der Waals surface area contributed by atoms with Gasteiger partial charge < -0.3 is 15.0 Å². The van der Waals surface area contributed by atoms with Gasteiger partial charge in [-0.15, -0.1) is 0 Å². The van der Waals surface area contributed by atoms with Gasteiger partial charge in [0.1, 0.15) is 5.60 Å². The number of ether oxygens (including phenoxy) is 1. The van der Waals surface area contributed by atoms with E-state index in [9.17, 15) is 30.0 Å². The van der Waals surface area contributed by atoms with Crippen molar-refractivity contribution in [3.8, 4) is 0 Å². The third kappa shape index (κ3) is 9.95. The van der Waals surface area contributed by atoms with Crippen molar-refractivity contribution in [1.82, 2.24) is 33.8 Å². The number of sulfonamides is 2. The molecule has 0 unspecified atom stereocenters. The van der Waals surface area contributed by atoms with Crippen molar-refractivity contribution < 1.29 is 34.8 Å². The maximum Gasteiger partial charge on any atom is 0.410 e. The topological polar surface area (TPSA) is 189 Å². The van der Waals surface area contributed by atoms with E-state index in [2.05, 4.69) is 20.3 Å². The molecule has 1 amide bonds. The summed E-state index contributed by atoms with van der Waals surface area (Å²) in [5.74, 6) is 1.04. The highest BCUT2D eigenvalue weighted by Gasteiger charge is 2.47. The van der Waals surface area contributed by atoms with Crippen LogP contribution in [0.3, 0.4) is 0 Å². The Morgan fingerprint density at radius 3 is 1.32 bits per heavy atom. The lowest BCUT2D eigenvalue weighted by Gasteiger charge is -2.26. The van der Waals surface area contributed by atoms with Crippen LogP contribution in [0, 0.1) is 23.7 Å². The van der Waals surface area contributed by atoms with Crippen LogP contribution in [-0.4, -0.2) is 118 Å². The lowest BCUT2D eigenvalue weighted by Crippen LogP contribution is -2.38. The van der Waals surface area contributed by atoms with Crippen LogP contribution >= 0.6 is 45.5 Å². The van der Waals surface area contributed by atoms with Crippen LogP contribution in [-0.2, 0) is 33.8 Å². The molecule has 1 N–H and O–H groups in total. The quantitative estimate of drug-likeness (QED) is 0.165. The number of likely N-dealkylation sites (tertiary alicyclic amines) is 1. The summed E-state index contributed by atoms with van der Waals surface area (Å²) < 4.78 is 84.0. The van der Waals surface area contributed by atoms with E-state index >= 15 is 0 Å². The fourth-order valence-corrected chi connectivity index (χ4v) is 14.7. The van der Waals surface area contributed by atoms with E-state index < -0.39 is 34.7 Å². The Balaban J connectivity index is 0.000000142. The predicted octanol–water partition coefficient (Wildman–Crippen LogP) is 7.92. The van der Waals surface area contributed by atoms with E-state index in [-0.39, 0.29) is 37.6 Å². The van der Waals surface area contributed by atoms with E-state index in [1.807, 2.05) is 26.8 Å². The first-order valence-corrected chi connectivity index (χ1v) is 27.2. The molecule has 10 rings (SSSR count). The number of nitrogens with one attached hydrogen (secondary N) is 1. The Morgan fingerprint density at radius 2 is 0.939 bits per heavy atom. The van der Waals surface area contributed by atoms with Crippen molar-refractivity contribution in [3.63, 3.8) is 0 Å². The number of hydrogen-bond donors (Lipinski definition) is 1. The first-order chi connectivity index (χ1) is 31.1. The molecule has 0 aliphatic carbocycles. The minimum absolute atomic E-state index is 0.00840. The molecule has 4 aliphatic rings. The number of hydrogen-bond acceptors (Lipinski definition) is 12. The molecular formula is C44H45Cl4N7O8S3. The molecule has 66 heavy (non-hydrogen) atoms. The smallest absolute Gasteiger partial charge is 0.410 e. The molecule has 350 valence electrons. The number of carbonyl (C=O) groups excluding carboxylic acids is 1. The fourth-order valence-electron chi connectivity index (χ4n) is 9.02. The Hall–Kier alpha value is -3.95. The average Bonchev–Trinajstić information content (AvgIpc) is 4.06. The van der Waals surface area contributed by atoms with Gasteiger partial charge >= 0.3 is 6.09 Å². The molecule has 4 saturated heterocycles. The van der Waals surface area contributed by atoms with Gasteiger partial charge in [0.15, 0.2) is 0 Å². The van der Waals surface area contributed by atoms with Gasteiger partial charge in [0.2, 0.25) is 20.0 Å². The van der Waals surface area contributed by atoms with Crippen molar-refractivity contribution in [2.75, 3.05) is 52.4 Å². The first-order valence-electron chi connectivity index (χ1n) is 20.8. The van der Waals surface area contributed by atoms with Crippen LogP contribution < -0.4 is 5.32 Å². The average molecular weight is 1040 g/mol. The van der Waals surface area contributed by atoms with E-state index in [0.29, 0.717) is 88.1 Å². The Bertz CT molecular complexity index is 3160. The van der Waals surface area contributed by atoms with E-state index in [1.54, 1.807) is 64.1 Å². The molecule has 4 aliphatic heterocycles. The summed E-state index contributed by atoms with van der Waals surface area (Å²) in [5, 5.41) is 7.83. The van der Waals surface area contributed by atoms with E-state index in [0.717, 1.165) is 18.5 Å². The van der Waals surface area contributed by atoms with E-state index in [4.69, 9.17) is 50.2 Å². The van der Waals surface area contributed by atoms with Gasteiger partial charge in [-0.1, -0.05) is 71.2 Å². The molecule has 22 heteroatoms. The summed E-state index contributed by atoms with van der Waals surface area (Å²) in [5.41, 5.74) is -0.549. The molecular weight excluding hydrogens is 993 g/mol. The minimum Gasteiger partial charge on any atom is -0.444 e. The second kappa shape index (κ2) is 18.9. The molecule has 4 fully saturated rings. The molecule has 0 bridgehead atoms. The van der Waals surface area contributed by atoms with Crippen molar-refractivity contribution >= 4 is 113 Å². The number of halogens is 4. The summed E-state index contributed by atoms with van der Waals surface area (Å²) >= 11 is 18.4. The molecule has 6 aromatic rings. The maximum atomic E-state index is 13.4. The zero-order valence-electron chi connectivity index (χ0n) is 35.8. The van der Waals surface area contributed by atoms with Crippen LogP contribution in [0.25, 0.3) is 32.3 Å². The monoisotopic (exact) mass is 1040 g/mol. The normalized spacial score (nSPS) is 21.3. The van der Waals surface area contributed by atoms with Crippen LogP contribution in [0.5, 0.6) is 0 Å². The van der Waals surface area contributed by atoms with Gasteiger partial charge in [-0.05, 0) is 75.7 Å². The van der Waals surface area contributed by atoms with Crippen LogP contribution in [0.15, 0.2) is 106 Å². The van der Waals surface area contributed by atoms with Crippen LogP contribution in [0.1, 0.15) is 20.8 Å². The summed E-state index contributed by atoms with van der Waals surface area (Å²) in [7, 11) is -5.74. The number of benzene rings is 3. The molecule has 0 spiro atoms. The molecule has 0 saturated carbocycles. The molecule has 0 radical (unpaired) electrons. The standard InChI is InChI=1S/C20H24ClN3O4S.C15H16ClN3O2S.C9H5Cl2NO2S/c1-20(2,3)28-19(25)23-9-14-11-24(12-15(14)10-23)29(26,27)17-6-4-5-13-7-22-8-16(21)18(13)17;16-13-7-18-4-10-2-1-3-14(15(10)13)22(20,21)19-8-11-5-17-6-12(11)9-19;10-7-5-12-4-6-2-1-3-8(9(6)7)15(11,13)14/h4-8,14-15H,9-12H2,1-3H3;1-4,7,11-12,17H,5-6,8-9H2;1-5H/t14-,15+;11-,12+;. The van der Waals surface area contributed by atoms with Gasteiger partial charge in [-0.3, -0.25) is 15.0 Å². The Morgan fingerprint density at radius 1 is 0.576 bits per heavy atom. The van der Waals surface area contributed by atoms with Crippen molar-refractivity contribution in [2.24, 2.45) is 23.7 Å². The third-order valence-corrected chi connectivity index (χ3v) is 18.0. The highest BCUT2D eigenvalue weighted by molar-refractivity contribution is 8.14. The zero-order chi connectivity index (χ0) is 47.3. The van der Waals surface area contributed by atoms with Crippen molar-refractivity contribution in [3.05, 3.63) is 107 Å². The molecule has 3 aromatic heterocycles. The Kier molecular flexibility index (Phi) is 13.9. The number of aromatic nitrogens is 3. The number of rotatable bonds is 5. The second-order valence-electron chi connectivity index (χ2n) is 17.6. The minimum atomic E-state index is -3.79. The number of amides is 1. The van der Waals surface area contributed by atoms with Crippen molar-refractivity contribution in [2.45, 2.75) is 41.1 Å². The first kappa shape index (κ1) is 48.5. The van der Waals surface area contributed by atoms with Gasteiger partial charge in [-0.25, -0.2) is 30.0 Å². The lowest BCUT2D eigenvalue weighted by atomic mass is 10.0. The molecule has 15 nitrogen and oxygen atoms in total. The largest absolute Gasteiger partial charge is 0.444 e. The van der Waals surface area contributed by atoms with Crippen molar-refractivity contribution in [1.29, 1.82) is 0 Å². The Labute approximate surface area is 402 Å². The van der Waals surface area contributed by atoms with Crippen LogP contribution in [0.4, 0.5) is 4.79 Å². The molecule has 7 heterocycles. The summed E-state index contributed by atoms with van der Waals surface area (Å²) in [6.45, 7) is 10.2. The van der Waals surface area contributed by atoms with Gasteiger partial charge in [0, 0.05) is 119 Å². The summed E-state index contributed by atoms with van der Waals surface area (Å²) in [6.07, 6.45) is 8.78. The van der Waals surface area contributed by atoms with Crippen LogP contribution in [0.2, 0.25) is 15.1 Å². The fraction of sp³-hybridized carbons (Fsp3) is 0.364. The van der Waals surface area contributed by atoms with E-state index in [1.165, 1.54) is 35.2 Å². The third-order valence-electron chi connectivity index (χ3n) is 12.1. The van der Waals surface area contributed by atoms with Gasteiger partial charge in [-0.2, -0.15) is 8.61 Å². The second-order valence-corrected chi connectivity index (χ2v) is 25.2. The zero-order valence-corrected chi connectivity index (χ0v) is 41.3. The lowest BCUT2D eigenvalue weighted by molar-refractivity contribution is 0.0278. The number of fused-ring (bicyclic) bond motifs is 5. The van der Waals surface area contributed by atoms with Gasteiger partial charge in [0.25, 0.3) is 9.05 Å². The molecule has 4 atom stereocenters. The SMILES string of the molecule is CC(C)(C)OC(=O)N1C[C@@H]2CN(S(=O)(=O)c3cccc4cncc(Cl)c34)C[C@@H]2C1.O=S(=O)(Cl)c1cccc2cncc(Cl)c12.O=S(=O)(c1cccc2cncc(Cl)c12)N1C[C@H]2CNC[C@H]2C1. The summed E-state index contributed by atoms with van der Waals surface area (Å²) in [4.78, 5) is 26.4. The number of carbonyl (C=O) groups is 1.